The number of para-hydroxylation sites is 1. The van der Waals surface area contributed by atoms with Gasteiger partial charge in [0.05, 0.1) is 6.54 Å². The molecule has 3 heterocycles. The van der Waals surface area contributed by atoms with Crippen molar-refractivity contribution < 1.29 is 8.94 Å². The average molecular weight is 358 g/mol. The maximum absolute atomic E-state index is 5.98. The van der Waals surface area contributed by atoms with Crippen molar-refractivity contribution in [2.75, 3.05) is 11.4 Å². The lowest BCUT2D eigenvalue weighted by atomic mass is 10.1. The molecule has 0 aliphatic carbocycles. The SMILES string of the molecule is Cc1onc(-c2ccccc2)c1-c1nnc(CN2CCc3ccccc32)o1. The van der Waals surface area contributed by atoms with Gasteiger partial charge in [0.25, 0.3) is 5.89 Å². The van der Waals surface area contributed by atoms with Gasteiger partial charge in [-0.2, -0.15) is 0 Å². The Morgan fingerprint density at radius 1 is 1.00 bits per heavy atom. The molecule has 0 N–H and O–H groups in total. The zero-order chi connectivity index (χ0) is 18.2. The third kappa shape index (κ3) is 2.79. The Balaban J connectivity index is 1.45. The summed E-state index contributed by atoms with van der Waals surface area (Å²) in [6, 6.07) is 18.3. The van der Waals surface area contributed by atoms with Crippen molar-refractivity contribution >= 4 is 5.69 Å². The molecule has 0 unspecified atom stereocenters. The molecule has 6 nitrogen and oxygen atoms in total. The predicted molar refractivity (Wildman–Crippen MR) is 101 cm³/mol. The van der Waals surface area contributed by atoms with E-state index in [0.29, 0.717) is 24.1 Å². The number of hydrogen-bond acceptors (Lipinski definition) is 6. The molecule has 1 aliphatic rings. The summed E-state index contributed by atoms with van der Waals surface area (Å²) in [7, 11) is 0. The van der Waals surface area contributed by atoms with Gasteiger partial charge in [-0.1, -0.05) is 53.7 Å². The van der Waals surface area contributed by atoms with Gasteiger partial charge >= 0.3 is 0 Å². The number of aryl methyl sites for hydroxylation is 1. The van der Waals surface area contributed by atoms with E-state index in [1.807, 2.05) is 37.3 Å². The highest BCUT2D eigenvalue weighted by Gasteiger charge is 2.24. The van der Waals surface area contributed by atoms with Gasteiger partial charge in [0.1, 0.15) is 17.0 Å². The van der Waals surface area contributed by atoms with E-state index < -0.39 is 0 Å². The van der Waals surface area contributed by atoms with Crippen LogP contribution in [0.1, 0.15) is 17.2 Å². The van der Waals surface area contributed by atoms with Crippen molar-refractivity contribution in [1.82, 2.24) is 15.4 Å². The molecule has 2 aromatic carbocycles. The summed E-state index contributed by atoms with van der Waals surface area (Å²) in [5, 5.41) is 12.7. The number of benzene rings is 2. The molecule has 2 aromatic heterocycles. The molecule has 0 saturated carbocycles. The minimum Gasteiger partial charge on any atom is -0.419 e. The zero-order valence-corrected chi connectivity index (χ0v) is 14.9. The lowest BCUT2D eigenvalue weighted by molar-refractivity contribution is 0.399. The Kier molecular flexibility index (Phi) is 3.74. The van der Waals surface area contributed by atoms with Crippen LogP contribution in [0.2, 0.25) is 0 Å². The first-order valence-corrected chi connectivity index (χ1v) is 8.97. The zero-order valence-electron chi connectivity index (χ0n) is 14.9. The van der Waals surface area contributed by atoms with E-state index >= 15 is 0 Å². The van der Waals surface area contributed by atoms with Crippen LogP contribution in [0.25, 0.3) is 22.7 Å². The first-order valence-electron chi connectivity index (χ1n) is 8.97. The van der Waals surface area contributed by atoms with Gasteiger partial charge in [0, 0.05) is 17.8 Å². The summed E-state index contributed by atoms with van der Waals surface area (Å²) in [4.78, 5) is 2.27. The molecule has 27 heavy (non-hydrogen) atoms. The normalized spacial score (nSPS) is 13.1. The summed E-state index contributed by atoms with van der Waals surface area (Å²) in [6.45, 7) is 3.41. The van der Waals surface area contributed by atoms with Crippen molar-refractivity contribution in [3.05, 3.63) is 71.8 Å². The van der Waals surface area contributed by atoms with Crippen LogP contribution >= 0.6 is 0 Å². The maximum Gasteiger partial charge on any atom is 0.253 e. The molecule has 0 saturated heterocycles. The molecule has 0 radical (unpaired) electrons. The van der Waals surface area contributed by atoms with Gasteiger partial charge in [-0.3, -0.25) is 0 Å². The number of anilines is 1. The molecular formula is C21H18N4O2. The van der Waals surface area contributed by atoms with Crippen LogP contribution in [-0.2, 0) is 13.0 Å². The van der Waals surface area contributed by atoms with Crippen LogP contribution < -0.4 is 4.90 Å². The Labute approximate surface area is 156 Å². The fraction of sp³-hybridized carbons (Fsp3) is 0.190. The van der Waals surface area contributed by atoms with E-state index in [1.165, 1.54) is 11.3 Å². The quantitative estimate of drug-likeness (QED) is 0.543. The molecule has 0 spiro atoms. The summed E-state index contributed by atoms with van der Waals surface area (Å²) < 4.78 is 11.4. The van der Waals surface area contributed by atoms with Gasteiger partial charge in [0.15, 0.2) is 0 Å². The number of hydrogen-bond donors (Lipinski definition) is 0. The van der Waals surface area contributed by atoms with Crippen molar-refractivity contribution in [2.45, 2.75) is 19.9 Å². The van der Waals surface area contributed by atoms with Crippen LogP contribution in [0.15, 0.2) is 63.5 Å². The maximum atomic E-state index is 5.98. The molecular weight excluding hydrogens is 340 g/mol. The first kappa shape index (κ1) is 15.8. The Morgan fingerprint density at radius 3 is 2.70 bits per heavy atom. The van der Waals surface area contributed by atoms with Crippen LogP contribution in [0, 0.1) is 6.92 Å². The third-order valence-electron chi connectivity index (χ3n) is 4.90. The number of aromatic nitrogens is 3. The first-order chi connectivity index (χ1) is 13.3. The molecule has 5 rings (SSSR count). The van der Waals surface area contributed by atoms with Gasteiger partial charge in [-0.25, -0.2) is 0 Å². The van der Waals surface area contributed by atoms with Crippen molar-refractivity contribution in [3.63, 3.8) is 0 Å². The van der Waals surface area contributed by atoms with Gasteiger partial charge in [-0.05, 0) is 25.0 Å². The van der Waals surface area contributed by atoms with Crippen molar-refractivity contribution in [2.24, 2.45) is 0 Å². The minimum atomic E-state index is 0.440. The molecule has 0 bridgehead atoms. The Morgan fingerprint density at radius 2 is 1.81 bits per heavy atom. The van der Waals surface area contributed by atoms with E-state index in [4.69, 9.17) is 8.94 Å². The summed E-state index contributed by atoms with van der Waals surface area (Å²) in [5.41, 5.74) is 5.02. The van der Waals surface area contributed by atoms with Crippen molar-refractivity contribution in [3.8, 4) is 22.7 Å². The van der Waals surface area contributed by atoms with E-state index in [1.54, 1.807) is 0 Å². The van der Waals surface area contributed by atoms with Gasteiger partial charge in [-0.15, -0.1) is 10.2 Å². The number of nitrogens with zero attached hydrogens (tertiary/aromatic N) is 4. The van der Waals surface area contributed by atoms with E-state index in [9.17, 15) is 0 Å². The minimum absolute atomic E-state index is 0.440. The van der Waals surface area contributed by atoms with E-state index in [-0.39, 0.29) is 0 Å². The average Bonchev–Trinajstić information content (AvgIpc) is 3.42. The lowest BCUT2D eigenvalue weighted by Gasteiger charge is -2.16. The second-order valence-electron chi connectivity index (χ2n) is 6.63. The molecule has 6 heteroatoms. The summed E-state index contributed by atoms with van der Waals surface area (Å²) in [6.07, 6.45) is 1.04. The standard InChI is InChI=1S/C21H18N4O2/c1-14-19(20(24-27-14)16-8-3-2-4-9-16)21-23-22-18(26-21)13-25-12-11-15-7-5-6-10-17(15)25/h2-10H,11-13H2,1H3. The van der Waals surface area contributed by atoms with E-state index in [0.717, 1.165) is 29.8 Å². The molecule has 1 aliphatic heterocycles. The topological polar surface area (TPSA) is 68.2 Å². The lowest BCUT2D eigenvalue weighted by Crippen LogP contribution is -2.19. The van der Waals surface area contributed by atoms with Crippen LogP contribution in [0.3, 0.4) is 0 Å². The third-order valence-corrected chi connectivity index (χ3v) is 4.90. The molecule has 0 atom stereocenters. The van der Waals surface area contributed by atoms with E-state index in [2.05, 4.69) is 44.5 Å². The number of fused-ring (bicyclic) bond motifs is 1. The highest BCUT2D eigenvalue weighted by molar-refractivity contribution is 5.77. The second-order valence-corrected chi connectivity index (χ2v) is 6.63. The molecule has 4 aromatic rings. The van der Waals surface area contributed by atoms with Gasteiger partial charge < -0.3 is 13.8 Å². The molecule has 0 amide bonds. The largest absolute Gasteiger partial charge is 0.419 e. The molecule has 0 fully saturated rings. The highest BCUT2D eigenvalue weighted by atomic mass is 16.5. The van der Waals surface area contributed by atoms with Crippen LogP contribution in [0.5, 0.6) is 0 Å². The highest BCUT2D eigenvalue weighted by Crippen LogP contribution is 2.34. The fourth-order valence-electron chi connectivity index (χ4n) is 3.57. The smallest absolute Gasteiger partial charge is 0.253 e. The number of rotatable bonds is 4. The monoisotopic (exact) mass is 358 g/mol. The van der Waals surface area contributed by atoms with Crippen LogP contribution in [-0.4, -0.2) is 21.9 Å². The Hall–Kier alpha value is -3.41. The predicted octanol–water partition coefficient (Wildman–Crippen LogP) is 4.26. The second kappa shape index (κ2) is 6.39. The Bertz CT molecular complexity index is 1080. The summed E-state index contributed by atoms with van der Waals surface area (Å²) >= 11 is 0. The molecule has 134 valence electrons. The van der Waals surface area contributed by atoms with Crippen molar-refractivity contribution in [1.29, 1.82) is 0 Å². The van der Waals surface area contributed by atoms with Gasteiger partial charge in [0.2, 0.25) is 5.89 Å². The fourth-order valence-corrected chi connectivity index (χ4v) is 3.57. The van der Waals surface area contributed by atoms with Crippen LogP contribution in [0.4, 0.5) is 5.69 Å². The summed E-state index contributed by atoms with van der Waals surface area (Å²) in [5.74, 6) is 1.69.